The number of likely N-dealkylation sites (N-methyl/N-ethyl adjacent to an activating group) is 1. The smallest absolute Gasteiger partial charge is 0.119 e. The first-order chi connectivity index (χ1) is 8.76. The maximum atomic E-state index is 5.84. The molecule has 1 aromatic rings. The normalized spacial score (nSPS) is 12.4. The van der Waals surface area contributed by atoms with E-state index in [1.165, 1.54) is 25.7 Å². The predicted octanol–water partition coefficient (Wildman–Crippen LogP) is 4.28. The van der Waals surface area contributed by atoms with Gasteiger partial charge in [-0.2, -0.15) is 0 Å². The first kappa shape index (κ1) is 15.3. The second-order valence-electron chi connectivity index (χ2n) is 4.52. The molecule has 0 spiro atoms. The zero-order chi connectivity index (χ0) is 13.2. The molecule has 0 saturated carbocycles. The number of unbranched alkanes of at least 4 members (excludes halogenated alkanes) is 2. The number of ether oxygens (including phenoxy) is 1. The molecule has 3 heteroatoms. The summed E-state index contributed by atoms with van der Waals surface area (Å²) in [4.78, 5) is 0. The van der Waals surface area contributed by atoms with Crippen LogP contribution in [0.4, 0.5) is 0 Å². The largest absolute Gasteiger partial charge is 0.492 e. The van der Waals surface area contributed by atoms with Crippen LogP contribution in [0.5, 0.6) is 5.75 Å². The van der Waals surface area contributed by atoms with Gasteiger partial charge in [-0.15, -0.1) is 0 Å². The predicted molar refractivity (Wildman–Crippen MR) is 78.6 cm³/mol. The Morgan fingerprint density at radius 1 is 1.17 bits per heavy atom. The van der Waals surface area contributed by atoms with Crippen LogP contribution in [-0.4, -0.2) is 19.2 Å². The Kier molecular flexibility index (Phi) is 7.86. The van der Waals surface area contributed by atoms with Gasteiger partial charge in [0.15, 0.2) is 0 Å². The number of hydrogen-bond acceptors (Lipinski definition) is 2. The zero-order valence-electron chi connectivity index (χ0n) is 11.4. The highest BCUT2D eigenvalue weighted by atomic mass is 35.5. The molecule has 2 nitrogen and oxygen atoms in total. The summed E-state index contributed by atoms with van der Waals surface area (Å²) in [6.07, 6.45) is 4.99. The van der Waals surface area contributed by atoms with Gasteiger partial charge >= 0.3 is 0 Å². The summed E-state index contributed by atoms with van der Waals surface area (Å²) in [6.45, 7) is 6.07. The Bertz CT molecular complexity index is 313. The Morgan fingerprint density at radius 2 is 1.89 bits per heavy atom. The SMILES string of the molecule is CCCCCC(COc1ccc(Cl)cc1)NCC. The van der Waals surface area contributed by atoms with E-state index < -0.39 is 0 Å². The number of hydrogen-bond donors (Lipinski definition) is 1. The molecule has 0 amide bonds. The van der Waals surface area contributed by atoms with Gasteiger partial charge in [0.25, 0.3) is 0 Å². The lowest BCUT2D eigenvalue weighted by atomic mass is 10.1. The Morgan fingerprint density at radius 3 is 2.50 bits per heavy atom. The fourth-order valence-electron chi connectivity index (χ4n) is 1.90. The molecule has 1 rings (SSSR count). The van der Waals surface area contributed by atoms with Crippen molar-refractivity contribution >= 4 is 11.6 Å². The standard InChI is InChI=1S/C15H24ClNO/c1-3-5-6-7-14(17-4-2)12-18-15-10-8-13(16)9-11-15/h8-11,14,17H,3-7,12H2,1-2H3. The van der Waals surface area contributed by atoms with Crippen LogP contribution in [0.25, 0.3) is 0 Å². The highest BCUT2D eigenvalue weighted by molar-refractivity contribution is 6.30. The first-order valence-electron chi connectivity index (χ1n) is 6.88. The summed E-state index contributed by atoms with van der Waals surface area (Å²) in [5, 5.41) is 4.22. The van der Waals surface area contributed by atoms with Crippen LogP contribution >= 0.6 is 11.6 Å². The monoisotopic (exact) mass is 269 g/mol. The molecule has 102 valence electrons. The van der Waals surface area contributed by atoms with E-state index >= 15 is 0 Å². The second kappa shape index (κ2) is 9.23. The summed E-state index contributed by atoms with van der Waals surface area (Å²) in [7, 11) is 0. The third-order valence-electron chi connectivity index (χ3n) is 2.91. The summed E-state index contributed by atoms with van der Waals surface area (Å²) in [6, 6.07) is 7.98. The highest BCUT2D eigenvalue weighted by Gasteiger charge is 2.07. The average molecular weight is 270 g/mol. The summed E-state index contributed by atoms with van der Waals surface area (Å²) in [5.74, 6) is 0.887. The minimum absolute atomic E-state index is 0.442. The van der Waals surface area contributed by atoms with Crippen molar-refractivity contribution in [2.45, 2.75) is 45.6 Å². The van der Waals surface area contributed by atoms with Crippen LogP contribution in [0.1, 0.15) is 39.5 Å². The molecule has 0 aromatic heterocycles. The van der Waals surface area contributed by atoms with E-state index in [2.05, 4.69) is 19.2 Å². The van der Waals surface area contributed by atoms with E-state index in [1.807, 2.05) is 24.3 Å². The van der Waals surface area contributed by atoms with Gasteiger partial charge in [-0.3, -0.25) is 0 Å². The Balaban J connectivity index is 2.33. The summed E-state index contributed by atoms with van der Waals surface area (Å²) < 4.78 is 5.79. The molecule has 0 aliphatic heterocycles. The van der Waals surface area contributed by atoms with Gasteiger partial charge < -0.3 is 10.1 Å². The molecule has 1 unspecified atom stereocenters. The maximum absolute atomic E-state index is 5.84. The van der Waals surface area contributed by atoms with E-state index in [0.717, 1.165) is 23.9 Å². The van der Waals surface area contributed by atoms with Crippen LogP contribution < -0.4 is 10.1 Å². The van der Waals surface area contributed by atoms with Gasteiger partial charge in [0.2, 0.25) is 0 Å². The van der Waals surface area contributed by atoms with Gasteiger partial charge in [-0.1, -0.05) is 44.7 Å². The molecule has 0 aliphatic rings. The lowest BCUT2D eigenvalue weighted by Gasteiger charge is -2.18. The van der Waals surface area contributed by atoms with E-state index in [4.69, 9.17) is 16.3 Å². The van der Waals surface area contributed by atoms with E-state index in [-0.39, 0.29) is 0 Å². The molecule has 0 aliphatic carbocycles. The minimum atomic E-state index is 0.442. The summed E-state index contributed by atoms with van der Waals surface area (Å²) >= 11 is 5.84. The van der Waals surface area contributed by atoms with Crippen molar-refractivity contribution in [3.63, 3.8) is 0 Å². The van der Waals surface area contributed by atoms with Crippen LogP contribution in [0.3, 0.4) is 0 Å². The topological polar surface area (TPSA) is 21.3 Å². The fraction of sp³-hybridized carbons (Fsp3) is 0.600. The molecule has 18 heavy (non-hydrogen) atoms. The minimum Gasteiger partial charge on any atom is -0.492 e. The van der Waals surface area contributed by atoms with Crippen molar-refractivity contribution < 1.29 is 4.74 Å². The molecule has 0 saturated heterocycles. The van der Waals surface area contributed by atoms with Gasteiger partial charge in [0, 0.05) is 11.1 Å². The molecular formula is C15H24ClNO. The number of nitrogens with one attached hydrogen (secondary N) is 1. The summed E-state index contributed by atoms with van der Waals surface area (Å²) in [5.41, 5.74) is 0. The average Bonchev–Trinajstić information content (AvgIpc) is 2.38. The molecule has 0 bridgehead atoms. The van der Waals surface area contributed by atoms with Crippen molar-refractivity contribution in [1.82, 2.24) is 5.32 Å². The molecule has 1 aromatic carbocycles. The van der Waals surface area contributed by atoms with Crippen LogP contribution in [0.2, 0.25) is 5.02 Å². The van der Waals surface area contributed by atoms with Gasteiger partial charge in [-0.25, -0.2) is 0 Å². The van der Waals surface area contributed by atoms with Crippen molar-refractivity contribution in [1.29, 1.82) is 0 Å². The third kappa shape index (κ3) is 6.27. The number of benzene rings is 1. The van der Waals surface area contributed by atoms with Crippen LogP contribution in [0, 0.1) is 0 Å². The molecule has 0 fully saturated rings. The van der Waals surface area contributed by atoms with Gasteiger partial charge in [0.05, 0.1) is 0 Å². The van der Waals surface area contributed by atoms with Crippen molar-refractivity contribution in [3.8, 4) is 5.75 Å². The van der Waals surface area contributed by atoms with Gasteiger partial charge in [0.1, 0.15) is 12.4 Å². The van der Waals surface area contributed by atoms with E-state index in [0.29, 0.717) is 6.04 Å². The second-order valence-corrected chi connectivity index (χ2v) is 4.95. The van der Waals surface area contributed by atoms with Crippen LogP contribution in [0.15, 0.2) is 24.3 Å². The van der Waals surface area contributed by atoms with E-state index in [9.17, 15) is 0 Å². The first-order valence-corrected chi connectivity index (χ1v) is 7.25. The Hall–Kier alpha value is -0.730. The molecule has 0 radical (unpaired) electrons. The highest BCUT2D eigenvalue weighted by Crippen LogP contribution is 2.16. The molecule has 0 heterocycles. The van der Waals surface area contributed by atoms with E-state index in [1.54, 1.807) is 0 Å². The zero-order valence-corrected chi connectivity index (χ0v) is 12.2. The van der Waals surface area contributed by atoms with Crippen molar-refractivity contribution in [2.75, 3.05) is 13.2 Å². The maximum Gasteiger partial charge on any atom is 0.119 e. The fourth-order valence-corrected chi connectivity index (χ4v) is 2.03. The van der Waals surface area contributed by atoms with Crippen LogP contribution in [-0.2, 0) is 0 Å². The molecular weight excluding hydrogens is 246 g/mol. The lowest BCUT2D eigenvalue weighted by Crippen LogP contribution is -2.34. The molecule has 1 atom stereocenters. The van der Waals surface area contributed by atoms with Gasteiger partial charge in [-0.05, 0) is 37.2 Å². The molecule has 1 N–H and O–H groups in total. The third-order valence-corrected chi connectivity index (χ3v) is 3.17. The number of rotatable bonds is 9. The quantitative estimate of drug-likeness (QED) is 0.676. The van der Waals surface area contributed by atoms with Crippen molar-refractivity contribution in [2.24, 2.45) is 0 Å². The number of halogens is 1. The Labute approximate surface area is 116 Å². The van der Waals surface area contributed by atoms with Crippen molar-refractivity contribution in [3.05, 3.63) is 29.3 Å². The lowest BCUT2D eigenvalue weighted by molar-refractivity contribution is 0.255.